The molecule has 1 saturated carbocycles. The predicted molar refractivity (Wildman–Crippen MR) is 55.7 cm³/mol. The molecule has 4 heteroatoms. The van der Waals surface area contributed by atoms with Crippen LogP contribution in [0, 0.1) is 0 Å². The minimum Gasteiger partial charge on any atom is -0.374 e. The molecule has 1 heterocycles. The molecule has 74 valence electrons. The van der Waals surface area contributed by atoms with E-state index in [-0.39, 0.29) is 0 Å². The first kappa shape index (κ1) is 9.21. The van der Waals surface area contributed by atoms with Crippen molar-refractivity contribution in [3.63, 3.8) is 0 Å². The van der Waals surface area contributed by atoms with Gasteiger partial charge in [-0.25, -0.2) is 0 Å². The van der Waals surface area contributed by atoms with Crippen molar-refractivity contribution < 1.29 is 4.74 Å². The molecule has 0 amide bonds. The molecule has 2 unspecified atom stereocenters. The molecule has 2 atom stereocenters. The molecular formula is C9H16N2OS. The van der Waals surface area contributed by atoms with Crippen LogP contribution >= 0.6 is 12.2 Å². The van der Waals surface area contributed by atoms with Gasteiger partial charge < -0.3 is 15.0 Å². The lowest BCUT2D eigenvalue weighted by Crippen LogP contribution is -2.48. The summed E-state index contributed by atoms with van der Waals surface area (Å²) < 4.78 is 5.51. The van der Waals surface area contributed by atoms with Gasteiger partial charge in [0.15, 0.2) is 5.11 Å². The third kappa shape index (κ3) is 1.94. The Morgan fingerprint density at radius 2 is 2.38 bits per heavy atom. The van der Waals surface area contributed by atoms with Gasteiger partial charge in [-0.05, 0) is 32.5 Å². The third-order valence-electron chi connectivity index (χ3n) is 2.44. The van der Waals surface area contributed by atoms with E-state index in [1.165, 1.54) is 0 Å². The monoisotopic (exact) mass is 200 g/mol. The lowest BCUT2D eigenvalue weighted by molar-refractivity contribution is 0.0575. The summed E-state index contributed by atoms with van der Waals surface area (Å²) in [5.74, 6) is 0. The van der Waals surface area contributed by atoms with Gasteiger partial charge in [0.05, 0.1) is 18.8 Å². The summed E-state index contributed by atoms with van der Waals surface area (Å²) >= 11 is 5.31. The lowest BCUT2D eigenvalue weighted by Gasteiger charge is -2.30. The highest BCUT2D eigenvalue weighted by atomic mass is 32.1. The zero-order valence-corrected chi connectivity index (χ0v) is 8.93. The van der Waals surface area contributed by atoms with Gasteiger partial charge in [-0.2, -0.15) is 0 Å². The van der Waals surface area contributed by atoms with Gasteiger partial charge in [-0.15, -0.1) is 0 Å². The Bertz CT molecular complexity index is 220. The molecule has 0 bridgehead atoms. The van der Waals surface area contributed by atoms with Gasteiger partial charge in [0.1, 0.15) is 0 Å². The smallest absolute Gasteiger partial charge is 0.169 e. The largest absolute Gasteiger partial charge is 0.374 e. The summed E-state index contributed by atoms with van der Waals surface area (Å²) in [6, 6.07) is 0.986. The van der Waals surface area contributed by atoms with E-state index < -0.39 is 0 Å². The molecule has 1 N–H and O–H groups in total. The summed E-state index contributed by atoms with van der Waals surface area (Å²) in [7, 11) is 0. The minimum atomic E-state index is 0.424. The number of fused-ring (bicyclic) bond motifs is 1. The number of rotatable bonds is 1. The van der Waals surface area contributed by atoms with Crippen molar-refractivity contribution in [3.8, 4) is 0 Å². The van der Waals surface area contributed by atoms with Crippen LogP contribution in [0.4, 0.5) is 0 Å². The van der Waals surface area contributed by atoms with Crippen molar-refractivity contribution in [1.82, 2.24) is 10.2 Å². The molecule has 0 radical (unpaired) electrons. The highest BCUT2D eigenvalue weighted by Gasteiger charge is 2.46. The number of nitrogens with zero attached hydrogens (tertiary/aromatic N) is 1. The summed E-state index contributed by atoms with van der Waals surface area (Å²) in [6.07, 6.45) is 1.61. The van der Waals surface area contributed by atoms with Gasteiger partial charge in [-0.1, -0.05) is 0 Å². The number of hydrogen-bond acceptors (Lipinski definition) is 2. The zero-order chi connectivity index (χ0) is 9.42. The molecule has 0 spiro atoms. The summed E-state index contributed by atoms with van der Waals surface area (Å²) in [5, 5.41) is 4.17. The van der Waals surface area contributed by atoms with Crippen molar-refractivity contribution >= 4 is 17.3 Å². The van der Waals surface area contributed by atoms with E-state index in [2.05, 4.69) is 24.1 Å². The molecule has 2 aliphatic rings. The van der Waals surface area contributed by atoms with Crippen LogP contribution in [0.5, 0.6) is 0 Å². The average Bonchev–Trinajstić information content (AvgIpc) is 2.79. The maximum atomic E-state index is 5.51. The maximum absolute atomic E-state index is 5.51. The molecule has 1 saturated heterocycles. The number of ether oxygens (including phenoxy) is 1. The van der Waals surface area contributed by atoms with Crippen LogP contribution in [-0.4, -0.2) is 41.4 Å². The van der Waals surface area contributed by atoms with E-state index in [1.807, 2.05) is 0 Å². The second kappa shape index (κ2) is 3.42. The van der Waals surface area contributed by atoms with Gasteiger partial charge in [0.25, 0.3) is 0 Å². The Kier molecular flexibility index (Phi) is 2.43. The summed E-state index contributed by atoms with van der Waals surface area (Å²) in [5.41, 5.74) is 0. The number of nitrogens with one attached hydrogen (secondary N) is 1. The molecule has 1 aliphatic heterocycles. The quantitative estimate of drug-likeness (QED) is 0.631. The van der Waals surface area contributed by atoms with Gasteiger partial charge in [0, 0.05) is 12.6 Å². The molecule has 0 aromatic heterocycles. The van der Waals surface area contributed by atoms with E-state index in [4.69, 9.17) is 17.0 Å². The van der Waals surface area contributed by atoms with E-state index in [0.717, 1.165) is 24.7 Å². The normalized spacial score (nSPS) is 31.5. The van der Waals surface area contributed by atoms with Crippen molar-refractivity contribution in [3.05, 3.63) is 0 Å². The molecular weight excluding hydrogens is 184 g/mol. The average molecular weight is 200 g/mol. The van der Waals surface area contributed by atoms with E-state index in [1.54, 1.807) is 0 Å². The third-order valence-corrected chi connectivity index (χ3v) is 2.79. The topological polar surface area (TPSA) is 24.5 Å². The molecule has 1 aliphatic carbocycles. The van der Waals surface area contributed by atoms with Crippen LogP contribution in [0.2, 0.25) is 0 Å². The molecule has 2 fully saturated rings. The molecule has 3 nitrogen and oxygen atoms in total. The van der Waals surface area contributed by atoms with Crippen molar-refractivity contribution in [2.75, 3.05) is 13.2 Å². The molecule has 2 rings (SSSR count). The highest BCUT2D eigenvalue weighted by Crippen LogP contribution is 2.34. The SMILES string of the molecule is CC(C)NC(=S)N1CCOC2CC21. The van der Waals surface area contributed by atoms with Crippen LogP contribution in [0.1, 0.15) is 20.3 Å². The van der Waals surface area contributed by atoms with Crippen LogP contribution in [-0.2, 0) is 4.74 Å². The van der Waals surface area contributed by atoms with E-state index >= 15 is 0 Å². The van der Waals surface area contributed by atoms with E-state index in [9.17, 15) is 0 Å². The standard InChI is InChI=1S/C9H16N2OS/c1-6(2)10-9(13)11-3-4-12-8-5-7(8)11/h6-8H,3-5H2,1-2H3,(H,10,13). The van der Waals surface area contributed by atoms with Crippen molar-refractivity contribution in [2.24, 2.45) is 0 Å². The van der Waals surface area contributed by atoms with Gasteiger partial charge in [0.2, 0.25) is 0 Å². The van der Waals surface area contributed by atoms with Crippen LogP contribution in [0.25, 0.3) is 0 Å². The fraction of sp³-hybridized carbons (Fsp3) is 0.889. The van der Waals surface area contributed by atoms with Crippen molar-refractivity contribution in [1.29, 1.82) is 0 Å². The van der Waals surface area contributed by atoms with Crippen molar-refractivity contribution in [2.45, 2.75) is 38.5 Å². The predicted octanol–water partition coefficient (Wildman–Crippen LogP) is 0.742. The first-order valence-corrected chi connectivity index (χ1v) is 5.28. The molecule has 13 heavy (non-hydrogen) atoms. The first-order chi connectivity index (χ1) is 6.18. The van der Waals surface area contributed by atoms with E-state index in [0.29, 0.717) is 18.2 Å². The summed E-state index contributed by atoms with van der Waals surface area (Å²) in [6.45, 7) is 5.98. The maximum Gasteiger partial charge on any atom is 0.169 e. The van der Waals surface area contributed by atoms with Gasteiger partial charge >= 0.3 is 0 Å². The van der Waals surface area contributed by atoms with Gasteiger partial charge in [-0.3, -0.25) is 0 Å². The summed E-state index contributed by atoms with van der Waals surface area (Å²) in [4.78, 5) is 2.27. The highest BCUT2D eigenvalue weighted by molar-refractivity contribution is 7.80. The second-order valence-electron chi connectivity index (χ2n) is 4.01. The Balaban J connectivity index is 1.88. The Morgan fingerprint density at radius 3 is 3.08 bits per heavy atom. The number of morpholine rings is 1. The second-order valence-corrected chi connectivity index (χ2v) is 4.40. The molecule has 0 aromatic rings. The molecule has 0 aromatic carbocycles. The van der Waals surface area contributed by atoms with Crippen LogP contribution in [0.3, 0.4) is 0 Å². The Hall–Kier alpha value is -0.350. The van der Waals surface area contributed by atoms with Crippen LogP contribution < -0.4 is 5.32 Å². The Morgan fingerprint density at radius 1 is 1.62 bits per heavy atom. The lowest BCUT2D eigenvalue weighted by atomic mass is 10.4. The first-order valence-electron chi connectivity index (χ1n) is 4.87. The fourth-order valence-corrected chi connectivity index (χ4v) is 2.18. The Labute approximate surface area is 84.4 Å². The van der Waals surface area contributed by atoms with Crippen LogP contribution in [0.15, 0.2) is 0 Å². The zero-order valence-electron chi connectivity index (χ0n) is 8.12. The number of thiocarbonyl (C=S) groups is 1. The number of hydrogen-bond donors (Lipinski definition) is 1. The fourth-order valence-electron chi connectivity index (χ4n) is 1.72. The minimum absolute atomic E-state index is 0.424.